The molecule has 9 heteroatoms. The molecule has 0 bridgehead atoms. The van der Waals surface area contributed by atoms with Gasteiger partial charge in [0.15, 0.2) is 23.0 Å². The zero-order valence-electron chi connectivity index (χ0n) is 15.5. The third-order valence-corrected chi connectivity index (χ3v) is 4.36. The first-order valence-electron chi connectivity index (χ1n) is 8.49. The van der Waals surface area contributed by atoms with Gasteiger partial charge < -0.3 is 20.5 Å². The molecule has 2 aromatic carbocycles. The number of nitrogens with one attached hydrogen (secondary N) is 1. The SMILES string of the molecule is COc1ccc(CCNC(=O)c2nnn(-c3cccc(Cl)c3)c2N)cc1OC. The maximum atomic E-state index is 12.4. The molecule has 28 heavy (non-hydrogen) atoms. The van der Waals surface area contributed by atoms with Crippen molar-refractivity contribution in [2.24, 2.45) is 0 Å². The lowest BCUT2D eigenvalue weighted by Gasteiger charge is -2.10. The number of methoxy groups -OCH3 is 2. The van der Waals surface area contributed by atoms with Gasteiger partial charge in [0.2, 0.25) is 0 Å². The number of ether oxygens (including phenoxy) is 2. The van der Waals surface area contributed by atoms with Crippen LogP contribution < -0.4 is 20.5 Å². The van der Waals surface area contributed by atoms with E-state index in [2.05, 4.69) is 15.6 Å². The summed E-state index contributed by atoms with van der Waals surface area (Å²) < 4.78 is 11.9. The highest BCUT2D eigenvalue weighted by Crippen LogP contribution is 2.27. The number of benzene rings is 2. The lowest BCUT2D eigenvalue weighted by Crippen LogP contribution is -2.27. The smallest absolute Gasteiger partial charge is 0.275 e. The molecule has 146 valence electrons. The van der Waals surface area contributed by atoms with Gasteiger partial charge in [-0.25, -0.2) is 0 Å². The Morgan fingerprint density at radius 1 is 1.18 bits per heavy atom. The van der Waals surface area contributed by atoms with Gasteiger partial charge in [0.25, 0.3) is 5.91 Å². The molecule has 1 heterocycles. The fourth-order valence-electron chi connectivity index (χ4n) is 2.69. The molecule has 3 N–H and O–H groups in total. The molecule has 0 atom stereocenters. The Hall–Kier alpha value is -3.26. The highest BCUT2D eigenvalue weighted by Gasteiger charge is 2.18. The van der Waals surface area contributed by atoms with Crippen molar-refractivity contribution in [2.75, 3.05) is 26.5 Å². The fourth-order valence-corrected chi connectivity index (χ4v) is 2.87. The quantitative estimate of drug-likeness (QED) is 0.630. The number of anilines is 1. The summed E-state index contributed by atoms with van der Waals surface area (Å²) in [6.45, 7) is 0.401. The maximum absolute atomic E-state index is 12.4. The Kier molecular flexibility index (Phi) is 6.00. The van der Waals surface area contributed by atoms with Crippen LogP contribution >= 0.6 is 11.6 Å². The van der Waals surface area contributed by atoms with Crippen molar-refractivity contribution >= 4 is 23.3 Å². The van der Waals surface area contributed by atoms with Gasteiger partial charge in [0.05, 0.1) is 19.9 Å². The molecule has 0 aliphatic heterocycles. The van der Waals surface area contributed by atoms with E-state index in [1.54, 1.807) is 38.5 Å². The topological polar surface area (TPSA) is 104 Å². The number of hydrogen-bond donors (Lipinski definition) is 2. The fraction of sp³-hybridized carbons (Fsp3) is 0.211. The Balaban J connectivity index is 1.64. The van der Waals surface area contributed by atoms with Crippen molar-refractivity contribution in [3.63, 3.8) is 0 Å². The van der Waals surface area contributed by atoms with E-state index in [0.29, 0.717) is 35.2 Å². The second-order valence-corrected chi connectivity index (χ2v) is 6.35. The van der Waals surface area contributed by atoms with E-state index in [4.69, 9.17) is 26.8 Å². The molecular formula is C19H20ClN5O3. The Bertz CT molecular complexity index is 989. The van der Waals surface area contributed by atoms with Gasteiger partial charge in [-0.05, 0) is 42.3 Å². The van der Waals surface area contributed by atoms with Crippen LogP contribution in [0, 0.1) is 0 Å². The third kappa shape index (κ3) is 4.17. The Morgan fingerprint density at radius 3 is 2.68 bits per heavy atom. The highest BCUT2D eigenvalue weighted by atomic mass is 35.5. The van der Waals surface area contributed by atoms with Crippen LogP contribution in [-0.2, 0) is 6.42 Å². The molecule has 1 amide bonds. The van der Waals surface area contributed by atoms with Crippen molar-refractivity contribution < 1.29 is 14.3 Å². The molecule has 0 unspecified atom stereocenters. The molecule has 0 saturated heterocycles. The zero-order chi connectivity index (χ0) is 20.1. The van der Waals surface area contributed by atoms with Gasteiger partial charge >= 0.3 is 0 Å². The molecule has 0 fully saturated rings. The second-order valence-electron chi connectivity index (χ2n) is 5.91. The van der Waals surface area contributed by atoms with Gasteiger partial charge in [0.1, 0.15) is 0 Å². The van der Waals surface area contributed by atoms with Crippen LogP contribution in [0.15, 0.2) is 42.5 Å². The van der Waals surface area contributed by atoms with Gasteiger partial charge in [-0.15, -0.1) is 5.10 Å². The number of amides is 1. The predicted octanol–water partition coefficient (Wildman–Crippen LogP) is 2.49. The van der Waals surface area contributed by atoms with E-state index >= 15 is 0 Å². The van der Waals surface area contributed by atoms with Crippen molar-refractivity contribution in [2.45, 2.75) is 6.42 Å². The number of halogens is 1. The normalized spacial score (nSPS) is 10.5. The van der Waals surface area contributed by atoms with Gasteiger partial charge in [0, 0.05) is 11.6 Å². The number of carbonyl (C=O) groups excluding carboxylic acids is 1. The Labute approximate surface area is 167 Å². The molecular weight excluding hydrogens is 382 g/mol. The molecule has 1 aromatic heterocycles. The summed E-state index contributed by atoms with van der Waals surface area (Å²) in [5.74, 6) is 1.04. The number of nitrogen functional groups attached to an aromatic ring is 1. The molecule has 0 spiro atoms. The van der Waals surface area contributed by atoms with Gasteiger partial charge in [-0.3, -0.25) is 4.79 Å². The predicted molar refractivity (Wildman–Crippen MR) is 106 cm³/mol. The summed E-state index contributed by atoms with van der Waals surface area (Å²) in [7, 11) is 3.16. The molecule has 0 radical (unpaired) electrons. The molecule has 3 rings (SSSR count). The number of rotatable bonds is 7. The number of carbonyl (C=O) groups is 1. The van der Waals surface area contributed by atoms with E-state index in [1.165, 1.54) is 4.68 Å². The minimum atomic E-state index is -0.397. The average molecular weight is 402 g/mol. The van der Waals surface area contributed by atoms with E-state index in [9.17, 15) is 4.79 Å². The summed E-state index contributed by atoms with van der Waals surface area (Å²) in [5.41, 5.74) is 7.73. The first kappa shape index (κ1) is 19.5. The molecule has 0 aliphatic rings. The van der Waals surface area contributed by atoms with Crippen LogP contribution in [0.4, 0.5) is 5.82 Å². The lowest BCUT2D eigenvalue weighted by atomic mass is 10.1. The maximum Gasteiger partial charge on any atom is 0.275 e. The molecule has 0 saturated carbocycles. The van der Waals surface area contributed by atoms with E-state index in [1.807, 2.05) is 18.2 Å². The van der Waals surface area contributed by atoms with Crippen LogP contribution in [0.3, 0.4) is 0 Å². The summed E-state index contributed by atoms with van der Waals surface area (Å²) in [6.07, 6.45) is 0.606. The number of nitrogens with two attached hydrogens (primary N) is 1. The zero-order valence-corrected chi connectivity index (χ0v) is 16.2. The van der Waals surface area contributed by atoms with Crippen LogP contribution in [0.25, 0.3) is 5.69 Å². The van der Waals surface area contributed by atoms with E-state index in [0.717, 1.165) is 5.56 Å². The first-order chi connectivity index (χ1) is 13.5. The number of aromatic nitrogens is 3. The van der Waals surface area contributed by atoms with E-state index < -0.39 is 5.91 Å². The van der Waals surface area contributed by atoms with Crippen LogP contribution in [0.5, 0.6) is 11.5 Å². The summed E-state index contributed by atoms with van der Waals surface area (Å²) >= 11 is 5.99. The van der Waals surface area contributed by atoms with E-state index in [-0.39, 0.29) is 11.5 Å². The largest absolute Gasteiger partial charge is 0.493 e. The lowest BCUT2D eigenvalue weighted by molar-refractivity contribution is 0.0950. The van der Waals surface area contributed by atoms with Crippen LogP contribution in [-0.4, -0.2) is 41.7 Å². The van der Waals surface area contributed by atoms with Crippen LogP contribution in [0.2, 0.25) is 5.02 Å². The first-order valence-corrected chi connectivity index (χ1v) is 8.87. The monoisotopic (exact) mass is 401 g/mol. The molecule has 0 aliphatic carbocycles. The van der Waals surface area contributed by atoms with Gasteiger partial charge in [-0.1, -0.05) is 28.9 Å². The van der Waals surface area contributed by atoms with Crippen LogP contribution in [0.1, 0.15) is 16.1 Å². The highest BCUT2D eigenvalue weighted by molar-refractivity contribution is 6.30. The number of nitrogens with zero attached hydrogens (tertiary/aromatic N) is 3. The standard InChI is InChI=1S/C19H20ClN5O3/c1-27-15-7-6-12(10-16(15)28-2)8-9-22-19(26)17-18(21)25(24-23-17)14-5-3-4-13(20)11-14/h3-7,10-11H,8-9,21H2,1-2H3,(H,22,26). The average Bonchev–Trinajstić information content (AvgIpc) is 3.09. The van der Waals surface area contributed by atoms with Crippen molar-refractivity contribution in [3.8, 4) is 17.2 Å². The van der Waals surface area contributed by atoms with Crippen molar-refractivity contribution in [1.29, 1.82) is 0 Å². The van der Waals surface area contributed by atoms with Crippen molar-refractivity contribution in [1.82, 2.24) is 20.3 Å². The number of hydrogen-bond acceptors (Lipinski definition) is 6. The summed E-state index contributed by atoms with van der Waals surface area (Å²) in [6, 6.07) is 12.6. The van der Waals surface area contributed by atoms with Crippen molar-refractivity contribution in [3.05, 3.63) is 58.7 Å². The third-order valence-electron chi connectivity index (χ3n) is 4.12. The summed E-state index contributed by atoms with van der Waals surface area (Å²) in [4.78, 5) is 12.4. The molecule has 3 aromatic rings. The second kappa shape index (κ2) is 8.62. The Morgan fingerprint density at radius 2 is 1.96 bits per heavy atom. The van der Waals surface area contributed by atoms with Gasteiger partial charge in [-0.2, -0.15) is 4.68 Å². The summed E-state index contributed by atoms with van der Waals surface area (Å²) in [5, 5.41) is 11.2. The minimum Gasteiger partial charge on any atom is -0.493 e. The minimum absolute atomic E-state index is 0.0623. The molecule has 8 nitrogen and oxygen atoms in total.